The summed E-state index contributed by atoms with van der Waals surface area (Å²) in [5.74, 6) is 1.73. The van der Waals surface area contributed by atoms with Crippen molar-refractivity contribution in [3.63, 3.8) is 0 Å². The number of phenols is 1. The third-order valence-corrected chi connectivity index (χ3v) is 5.17. The molecular weight excluding hydrogens is 344 g/mol. The summed E-state index contributed by atoms with van der Waals surface area (Å²) in [6.45, 7) is 4.08. The second kappa shape index (κ2) is 8.50. The van der Waals surface area contributed by atoms with Gasteiger partial charge in [-0.3, -0.25) is 4.90 Å². The summed E-state index contributed by atoms with van der Waals surface area (Å²) in [5, 5.41) is 23.0. The molecule has 0 aliphatic carbocycles. The van der Waals surface area contributed by atoms with Crippen molar-refractivity contribution in [2.75, 3.05) is 39.2 Å². The van der Waals surface area contributed by atoms with Crippen molar-refractivity contribution in [3.05, 3.63) is 47.5 Å². The highest BCUT2D eigenvalue weighted by atomic mass is 16.5. The van der Waals surface area contributed by atoms with E-state index in [-0.39, 0.29) is 11.8 Å². The second-order valence-corrected chi connectivity index (χ2v) is 6.91. The molecule has 0 saturated carbocycles. The summed E-state index contributed by atoms with van der Waals surface area (Å²) in [5.41, 5.74) is 3.37. The normalized spacial score (nSPS) is 17.9. The van der Waals surface area contributed by atoms with Gasteiger partial charge in [-0.2, -0.15) is 0 Å². The van der Waals surface area contributed by atoms with Crippen LogP contribution < -0.4 is 14.8 Å². The van der Waals surface area contributed by atoms with E-state index in [9.17, 15) is 10.2 Å². The van der Waals surface area contributed by atoms with Gasteiger partial charge in [0, 0.05) is 31.4 Å². The van der Waals surface area contributed by atoms with Crippen molar-refractivity contribution in [2.45, 2.75) is 25.5 Å². The van der Waals surface area contributed by atoms with E-state index >= 15 is 0 Å². The Labute approximate surface area is 160 Å². The van der Waals surface area contributed by atoms with Crippen LogP contribution >= 0.6 is 0 Å². The molecule has 6 nitrogen and oxygen atoms in total. The number of aliphatic hydroxyl groups excluding tert-OH is 1. The van der Waals surface area contributed by atoms with Gasteiger partial charge in [-0.25, -0.2) is 0 Å². The molecule has 0 spiro atoms. The highest BCUT2D eigenvalue weighted by Gasteiger charge is 2.27. The highest BCUT2D eigenvalue weighted by molar-refractivity contribution is 5.49. The van der Waals surface area contributed by atoms with E-state index in [0.717, 1.165) is 30.2 Å². The topological polar surface area (TPSA) is 74.2 Å². The largest absolute Gasteiger partial charge is 0.508 e. The first-order valence-electron chi connectivity index (χ1n) is 9.21. The van der Waals surface area contributed by atoms with Crippen LogP contribution in [0.25, 0.3) is 0 Å². The molecule has 3 N–H and O–H groups in total. The molecule has 1 aliphatic rings. The maximum absolute atomic E-state index is 10.5. The number of rotatable bonds is 7. The Kier molecular flexibility index (Phi) is 6.08. The molecule has 1 heterocycles. The van der Waals surface area contributed by atoms with E-state index in [1.165, 1.54) is 11.1 Å². The smallest absolute Gasteiger partial charge is 0.161 e. The number of benzene rings is 2. The molecule has 2 atom stereocenters. The zero-order chi connectivity index (χ0) is 19.4. The quantitative estimate of drug-likeness (QED) is 0.649. The van der Waals surface area contributed by atoms with Gasteiger partial charge in [0.25, 0.3) is 0 Å². The van der Waals surface area contributed by atoms with Crippen molar-refractivity contribution in [1.29, 1.82) is 0 Å². The Morgan fingerprint density at radius 2 is 1.81 bits per heavy atom. The molecular formula is C21H28N2O4. The van der Waals surface area contributed by atoms with Crippen molar-refractivity contribution in [1.82, 2.24) is 4.90 Å². The zero-order valence-electron chi connectivity index (χ0n) is 16.1. The van der Waals surface area contributed by atoms with Gasteiger partial charge in [0.15, 0.2) is 11.5 Å². The number of nitrogens with zero attached hydrogens (tertiary/aromatic N) is 1. The van der Waals surface area contributed by atoms with E-state index in [0.29, 0.717) is 13.1 Å². The Bertz CT molecular complexity index is 764. The van der Waals surface area contributed by atoms with Crippen LogP contribution in [0.1, 0.15) is 24.1 Å². The van der Waals surface area contributed by atoms with Crippen LogP contribution in [-0.4, -0.2) is 55.1 Å². The minimum absolute atomic E-state index is 0.192. The van der Waals surface area contributed by atoms with Crippen molar-refractivity contribution in [2.24, 2.45) is 0 Å². The van der Waals surface area contributed by atoms with Crippen LogP contribution in [0.15, 0.2) is 36.4 Å². The number of methoxy groups -OCH3 is 2. The number of hydrogen-bond acceptors (Lipinski definition) is 6. The lowest BCUT2D eigenvalue weighted by Crippen LogP contribution is -2.41. The zero-order valence-corrected chi connectivity index (χ0v) is 16.1. The summed E-state index contributed by atoms with van der Waals surface area (Å²) in [4.78, 5) is 2.29. The Morgan fingerprint density at radius 1 is 1.15 bits per heavy atom. The standard InChI is InChI=1S/C21H28N2O4/c1-14-19-11-21(27-3)20(26-2)10-15(19)8-9-23(14)13-18(25)12-22-16-4-6-17(24)7-5-16/h4-7,10-11,14,18,22,24-25H,8-9,12-13H2,1-3H3/t14-,18-/m0/s1. The van der Waals surface area contributed by atoms with E-state index in [1.54, 1.807) is 38.5 Å². The molecule has 6 heteroatoms. The van der Waals surface area contributed by atoms with Gasteiger partial charge in [0.05, 0.1) is 20.3 Å². The number of nitrogens with one attached hydrogen (secondary N) is 1. The molecule has 3 rings (SSSR count). The lowest BCUT2D eigenvalue weighted by atomic mass is 9.92. The van der Waals surface area contributed by atoms with Gasteiger partial charge >= 0.3 is 0 Å². The van der Waals surface area contributed by atoms with Crippen molar-refractivity contribution in [3.8, 4) is 17.2 Å². The number of phenolic OH excluding ortho intramolecular Hbond substituents is 1. The number of aromatic hydroxyl groups is 1. The predicted molar refractivity (Wildman–Crippen MR) is 106 cm³/mol. The molecule has 2 aromatic carbocycles. The number of fused-ring (bicyclic) bond motifs is 1. The Balaban J connectivity index is 1.62. The van der Waals surface area contributed by atoms with E-state index in [2.05, 4.69) is 23.2 Å². The first-order valence-corrected chi connectivity index (χ1v) is 9.21. The number of anilines is 1. The SMILES string of the molecule is COc1cc2c(cc1OC)[C@H](C)N(C[C@@H](O)CNc1ccc(O)cc1)CC2. The van der Waals surface area contributed by atoms with Crippen molar-refractivity contribution < 1.29 is 19.7 Å². The third-order valence-electron chi connectivity index (χ3n) is 5.17. The molecule has 1 aliphatic heterocycles. The predicted octanol–water partition coefficient (Wildman–Crippen LogP) is 2.80. The first kappa shape index (κ1) is 19.3. The lowest BCUT2D eigenvalue weighted by molar-refractivity contribution is 0.0940. The maximum Gasteiger partial charge on any atom is 0.161 e. The second-order valence-electron chi connectivity index (χ2n) is 6.91. The summed E-state index contributed by atoms with van der Waals surface area (Å²) >= 11 is 0. The fourth-order valence-corrected chi connectivity index (χ4v) is 3.60. The average molecular weight is 372 g/mol. The van der Waals surface area contributed by atoms with Gasteiger partial charge in [-0.05, 0) is 60.9 Å². The summed E-state index contributed by atoms with van der Waals surface area (Å²) in [6, 6.07) is 11.1. The minimum Gasteiger partial charge on any atom is -0.508 e. The Morgan fingerprint density at radius 3 is 2.48 bits per heavy atom. The van der Waals surface area contributed by atoms with Crippen molar-refractivity contribution >= 4 is 5.69 Å². The first-order chi connectivity index (χ1) is 13.0. The third kappa shape index (κ3) is 4.46. The lowest BCUT2D eigenvalue weighted by Gasteiger charge is -2.37. The molecule has 2 aromatic rings. The fraction of sp³-hybridized carbons (Fsp3) is 0.429. The summed E-state index contributed by atoms with van der Waals surface area (Å²) in [6.07, 6.45) is 0.418. The average Bonchev–Trinajstić information content (AvgIpc) is 2.69. The molecule has 0 fully saturated rings. The van der Waals surface area contributed by atoms with Gasteiger partial charge in [-0.15, -0.1) is 0 Å². The Hall–Kier alpha value is -2.44. The van der Waals surface area contributed by atoms with Gasteiger partial charge < -0.3 is 25.0 Å². The van der Waals surface area contributed by atoms with Crippen LogP contribution in [0.2, 0.25) is 0 Å². The monoisotopic (exact) mass is 372 g/mol. The van der Waals surface area contributed by atoms with Crippen LogP contribution in [0.4, 0.5) is 5.69 Å². The fourth-order valence-electron chi connectivity index (χ4n) is 3.60. The molecule has 0 bridgehead atoms. The van der Waals surface area contributed by atoms with Gasteiger partial charge in [0.2, 0.25) is 0 Å². The molecule has 146 valence electrons. The number of hydrogen-bond donors (Lipinski definition) is 3. The molecule has 0 aromatic heterocycles. The molecule has 0 amide bonds. The molecule has 0 radical (unpaired) electrons. The van der Waals surface area contributed by atoms with Gasteiger partial charge in [0.1, 0.15) is 5.75 Å². The van der Waals surface area contributed by atoms with Crippen LogP contribution in [0.5, 0.6) is 17.2 Å². The number of β-amino-alcohol motifs (C(OH)–C–C–N with tert-alkyl or cyclic N) is 1. The van der Waals surface area contributed by atoms with Crippen LogP contribution in [0.3, 0.4) is 0 Å². The maximum atomic E-state index is 10.5. The molecule has 27 heavy (non-hydrogen) atoms. The number of aliphatic hydroxyl groups is 1. The van der Waals surface area contributed by atoms with E-state index in [1.807, 2.05) is 6.07 Å². The van der Waals surface area contributed by atoms with Crippen LogP contribution in [0, 0.1) is 0 Å². The van der Waals surface area contributed by atoms with Crippen LogP contribution in [-0.2, 0) is 6.42 Å². The molecule has 0 saturated heterocycles. The number of ether oxygens (including phenoxy) is 2. The van der Waals surface area contributed by atoms with E-state index in [4.69, 9.17) is 9.47 Å². The summed E-state index contributed by atoms with van der Waals surface area (Å²) < 4.78 is 10.8. The van der Waals surface area contributed by atoms with E-state index < -0.39 is 6.10 Å². The van der Waals surface area contributed by atoms with Gasteiger partial charge in [-0.1, -0.05) is 0 Å². The minimum atomic E-state index is -0.497. The molecule has 0 unspecified atom stereocenters. The summed E-state index contributed by atoms with van der Waals surface area (Å²) in [7, 11) is 3.30. The highest BCUT2D eigenvalue weighted by Crippen LogP contribution is 2.37.